The fourth-order valence-electron chi connectivity index (χ4n) is 1.13. The molecule has 0 N–H and O–H groups in total. The van der Waals surface area contributed by atoms with E-state index in [0.29, 0.717) is 6.61 Å². The maximum Gasteiger partial charge on any atom is 0.287 e. The zero-order valence-corrected chi connectivity index (χ0v) is 7.34. The van der Waals surface area contributed by atoms with Gasteiger partial charge in [0.15, 0.2) is 0 Å². The Morgan fingerprint density at radius 3 is 3.17 bits per heavy atom. The third-order valence-electron chi connectivity index (χ3n) is 1.71. The van der Waals surface area contributed by atoms with Crippen LogP contribution in [0.3, 0.4) is 0 Å². The molecule has 2 rings (SSSR count). The van der Waals surface area contributed by atoms with Gasteiger partial charge in [-0.15, -0.1) is 11.3 Å². The Labute approximate surface area is 74.5 Å². The predicted molar refractivity (Wildman–Crippen MR) is 45.9 cm³/mol. The Bertz CT molecular complexity index is 265. The molecule has 0 aromatic carbocycles. The highest BCUT2D eigenvalue weighted by Crippen LogP contribution is 2.15. The fourth-order valence-corrected chi connectivity index (χ4v) is 1.79. The van der Waals surface area contributed by atoms with Crippen molar-refractivity contribution in [1.82, 2.24) is 5.06 Å². The van der Waals surface area contributed by atoms with Gasteiger partial charge in [-0.1, -0.05) is 6.07 Å². The largest absolute Gasteiger partial charge is 0.287 e. The van der Waals surface area contributed by atoms with E-state index >= 15 is 0 Å². The van der Waals surface area contributed by atoms with Crippen molar-refractivity contribution in [3.8, 4) is 0 Å². The smallest absolute Gasteiger partial charge is 0.271 e. The van der Waals surface area contributed by atoms with Crippen molar-refractivity contribution < 1.29 is 9.63 Å². The van der Waals surface area contributed by atoms with Gasteiger partial charge >= 0.3 is 0 Å². The second kappa shape index (κ2) is 3.25. The first-order valence-corrected chi connectivity index (χ1v) is 4.74. The van der Waals surface area contributed by atoms with E-state index in [2.05, 4.69) is 0 Å². The summed E-state index contributed by atoms with van der Waals surface area (Å²) < 4.78 is 0. The molecule has 0 aliphatic carbocycles. The molecule has 1 aromatic heterocycles. The van der Waals surface area contributed by atoms with Crippen molar-refractivity contribution in [1.29, 1.82) is 0 Å². The van der Waals surface area contributed by atoms with Gasteiger partial charge in [-0.2, -0.15) is 0 Å². The van der Waals surface area contributed by atoms with Crippen LogP contribution in [0, 0.1) is 0 Å². The molecule has 0 spiro atoms. The molecule has 12 heavy (non-hydrogen) atoms. The third-order valence-corrected chi connectivity index (χ3v) is 2.57. The van der Waals surface area contributed by atoms with Crippen LogP contribution in [0.4, 0.5) is 0 Å². The summed E-state index contributed by atoms with van der Waals surface area (Å²) in [7, 11) is 0. The minimum atomic E-state index is -0.0116. The quantitative estimate of drug-likeness (QED) is 0.660. The Kier molecular flexibility index (Phi) is 2.10. The maximum absolute atomic E-state index is 11.5. The molecule has 4 heteroatoms. The summed E-state index contributed by atoms with van der Waals surface area (Å²) in [5.74, 6) is -0.0116. The second-order valence-corrected chi connectivity index (χ2v) is 3.52. The number of hydrogen-bond donors (Lipinski definition) is 0. The minimum absolute atomic E-state index is 0.0116. The minimum Gasteiger partial charge on any atom is -0.271 e. The third kappa shape index (κ3) is 1.35. The number of hydrogen-bond acceptors (Lipinski definition) is 3. The van der Waals surface area contributed by atoms with E-state index in [1.54, 1.807) is 0 Å². The highest BCUT2D eigenvalue weighted by atomic mass is 32.1. The number of thiophene rings is 1. The molecule has 1 amide bonds. The molecule has 3 nitrogen and oxygen atoms in total. The van der Waals surface area contributed by atoms with Gasteiger partial charge in [0.05, 0.1) is 18.0 Å². The van der Waals surface area contributed by atoms with E-state index in [4.69, 9.17) is 4.84 Å². The highest BCUT2D eigenvalue weighted by Gasteiger charge is 2.20. The first-order chi connectivity index (χ1) is 5.88. The van der Waals surface area contributed by atoms with Crippen LogP contribution < -0.4 is 0 Å². The fraction of sp³-hybridized carbons (Fsp3) is 0.375. The molecule has 1 aliphatic heterocycles. The van der Waals surface area contributed by atoms with E-state index in [1.807, 2.05) is 17.5 Å². The molecule has 2 heterocycles. The average molecular weight is 183 g/mol. The monoisotopic (exact) mass is 183 g/mol. The van der Waals surface area contributed by atoms with Gasteiger partial charge in [-0.3, -0.25) is 9.63 Å². The summed E-state index contributed by atoms with van der Waals surface area (Å²) in [6.45, 7) is 1.38. The van der Waals surface area contributed by atoms with Crippen molar-refractivity contribution in [3.63, 3.8) is 0 Å². The maximum atomic E-state index is 11.5. The molecular weight excluding hydrogens is 174 g/mol. The molecule has 0 bridgehead atoms. The molecule has 0 atom stereocenters. The van der Waals surface area contributed by atoms with E-state index in [9.17, 15) is 4.79 Å². The van der Waals surface area contributed by atoms with Crippen molar-refractivity contribution in [2.75, 3.05) is 13.2 Å². The van der Waals surface area contributed by atoms with Crippen LogP contribution in [-0.2, 0) is 4.84 Å². The first kappa shape index (κ1) is 7.76. The van der Waals surface area contributed by atoms with Gasteiger partial charge in [0, 0.05) is 0 Å². The molecule has 1 fully saturated rings. The van der Waals surface area contributed by atoms with Gasteiger partial charge in [-0.25, -0.2) is 5.06 Å². The Morgan fingerprint density at radius 1 is 1.67 bits per heavy atom. The number of nitrogens with zero attached hydrogens (tertiary/aromatic N) is 1. The summed E-state index contributed by atoms with van der Waals surface area (Å²) in [5.41, 5.74) is 0. The summed E-state index contributed by atoms with van der Waals surface area (Å²) >= 11 is 1.45. The van der Waals surface area contributed by atoms with Crippen molar-refractivity contribution in [2.45, 2.75) is 6.42 Å². The number of rotatable bonds is 1. The summed E-state index contributed by atoms with van der Waals surface area (Å²) in [5, 5.41) is 3.33. The van der Waals surface area contributed by atoms with Crippen LogP contribution in [0.2, 0.25) is 0 Å². The lowest BCUT2D eigenvalue weighted by Gasteiger charge is -2.11. The van der Waals surface area contributed by atoms with E-state index < -0.39 is 0 Å². The van der Waals surface area contributed by atoms with Gasteiger partial charge in [0.2, 0.25) is 0 Å². The topological polar surface area (TPSA) is 29.5 Å². The van der Waals surface area contributed by atoms with Crippen molar-refractivity contribution in [3.05, 3.63) is 22.4 Å². The molecule has 0 radical (unpaired) electrons. The molecule has 64 valence electrons. The lowest BCUT2D eigenvalue weighted by Crippen LogP contribution is -2.25. The van der Waals surface area contributed by atoms with Crippen LogP contribution >= 0.6 is 11.3 Å². The van der Waals surface area contributed by atoms with Gasteiger partial charge < -0.3 is 0 Å². The van der Waals surface area contributed by atoms with E-state index in [0.717, 1.165) is 17.8 Å². The van der Waals surface area contributed by atoms with Gasteiger partial charge in [-0.05, 0) is 17.9 Å². The van der Waals surface area contributed by atoms with E-state index in [-0.39, 0.29) is 5.91 Å². The number of carbonyl (C=O) groups is 1. The van der Waals surface area contributed by atoms with Crippen LogP contribution in [0.25, 0.3) is 0 Å². The Balaban J connectivity index is 2.09. The average Bonchev–Trinajstić information content (AvgIpc) is 2.77. The summed E-state index contributed by atoms with van der Waals surface area (Å²) in [6, 6.07) is 3.68. The lowest BCUT2D eigenvalue weighted by molar-refractivity contribution is -0.0765. The normalized spacial score (nSPS) is 16.8. The Morgan fingerprint density at radius 2 is 2.58 bits per heavy atom. The lowest BCUT2D eigenvalue weighted by atomic mass is 10.4. The summed E-state index contributed by atoms with van der Waals surface area (Å²) in [6.07, 6.45) is 0.942. The van der Waals surface area contributed by atoms with Crippen molar-refractivity contribution >= 4 is 17.2 Å². The highest BCUT2D eigenvalue weighted by molar-refractivity contribution is 7.12. The zero-order valence-electron chi connectivity index (χ0n) is 6.53. The SMILES string of the molecule is O=C(c1cccs1)N1CCCO1. The second-order valence-electron chi connectivity index (χ2n) is 2.57. The number of amides is 1. The van der Waals surface area contributed by atoms with Gasteiger partial charge in [0.1, 0.15) is 0 Å². The zero-order chi connectivity index (χ0) is 8.39. The predicted octanol–water partition coefficient (Wildman–Crippen LogP) is 1.53. The molecule has 0 unspecified atom stereocenters. The first-order valence-electron chi connectivity index (χ1n) is 3.86. The van der Waals surface area contributed by atoms with E-state index in [1.165, 1.54) is 16.4 Å². The van der Waals surface area contributed by atoms with Gasteiger partial charge in [0.25, 0.3) is 5.91 Å². The van der Waals surface area contributed by atoms with Crippen LogP contribution in [0.5, 0.6) is 0 Å². The molecular formula is C8H9NO2S. The molecule has 1 aromatic rings. The molecule has 0 saturated carbocycles. The standard InChI is InChI=1S/C8H9NO2S/c10-8(7-3-1-6-12-7)9-4-2-5-11-9/h1,3,6H,2,4-5H2. The van der Waals surface area contributed by atoms with Crippen molar-refractivity contribution in [2.24, 2.45) is 0 Å². The van der Waals surface area contributed by atoms with Crippen LogP contribution in [-0.4, -0.2) is 24.1 Å². The van der Waals surface area contributed by atoms with Crippen LogP contribution in [0.15, 0.2) is 17.5 Å². The number of carbonyl (C=O) groups excluding carboxylic acids is 1. The molecule has 1 aliphatic rings. The summed E-state index contributed by atoms with van der Waals surface area (Å²) in [4.78, 5) is 17.4. The Hall–Kier alpha value is -0.870. The van der Waals surface area contributed by atoms with Crippen LogP contribution in [0.1, 0.15) is 16.1 Å². The molecule has 1 saturated heterocycles. The number of hydroxylamine groups is 2.